The number of hydrogen-bond donors (Lipinski definition) is 1. The molecule has 1 fully saturated rings. The molecule has 3 aromatic rings. The Morgan fingerprint density at radius 1 is 0.690 bits per heavy atom. The molecule has 4 rings (SSSR count). The molecule has 1 aliphatic rings. The lowest BCUT2D eigenvalue weighted by molar-refractivity contribution is 0.410. The normalized spacial score (nSPS) is 17.0. The van der Waals surface area contributed by atoms with Gasteiger partial charge in [0, 0.05) is 17.4 Å². The first-order valence-electron chi connectivity index (χ1n) is 11.1. The van der Waals surface area contributed by atoms with Gasteiger partial charge in [-0.05, 0) is 41.0 Å². The second kappa shape index (κ2) is 8.86. The average molecular weight is 385 g/mol. The van der Waals surface area contributed by atoms with E-state index in [1.807, 2.05) is 0 Å². The van der Waals surface area contributed by atoms with Gasteiger partial charge in [-0.2, -0.15) is 0 Å². The van der Waals surface area contributed by atoms with Gasteiger partial charge in [0.15, 0.2) is 0 Å². The third kappa shape index (κ3) is 4.24. The fourth-order valence-electron chi connectivity index (χ4n) is 4.86. The summed E-state index contributed by atoms with van der Waals surface area (Å²) in [7, 11) is 0. The van der Waals surface area contributed by atoms with E-state index in [1.165, 1.54) is 54.4 Å². The zero-order valence-corrected chi connectivity index (χ0v) is 17.6. The minimum absolute atomic E-state index is 0.168. The Labute approximate surface area is 175 Å². The van der Waals surface area contributed by atoms with Gasteiger partial charge in [-0.3, -0.25) is 0 Å². The Kier molecular flexibility index (Phi) is 6.04. The van der Waals surface area contributed by atoms with Gasteiger partial charge in [0.25, 0.3) is 0 Å². The Bertz CT molecular complexity index is 923. The number of benzene rings is 3. The molecule has 0 aromatic heterocycles. The summed E-state index contributed by atoms with van der Waals surface area (Å²) >= 11 is 0. The lowest BCUT2D eigenvalue weighted by atomic mass is 9.78. The molecule has 1 heteroatoms. The highest BCUT2D eigenvalue weighted by Crippen LogP contribution is 2.44. The van der Waals surface area contributed by atoms with Crippen LogP contribution in [0.2, 0.25) is 0 Å². The van der Waals surface area contributed by atoms with Gasteiger partial charge in [0.2, 0.25) is 0 Å². The SMILES string of the molecule is CC(c1ccccc1)c1cc(C2CCCCC2)c(O)c(C(C)c2ccccc2)c1. The number of rotatable bonds is 5. The molecule has 1 nitrogen and oxygen atoms in total. The zero-order valence-electron chi connectivity index (χ0n) is 17.6. The molecule has 0 saturated heterocycles. The quantitative estimate of drug-likeness (QED) is 0.477. The summed E-state index contributed by atoms with van der Waals surface area (Å²) in [6.07, 6.45) is 6.24. The maximum absolute atomic E-state index is 11.3. The van der Waals surface area contributed by atoms with Gasteiger partial charge in [-0.25, -0.2) is 0 Å². The molecule has 0 amide bonds. The molecule has 150 valence electrons. The van der Waals surface area contributed by atoms with E-state index in [4.69, 9.17) is 0 Å². The van der Waals surface area contributed by atoms with E-state index in [0.717, 1.165) is 5.56 Å². The van der Waals surface area contributed by atoms with Crippen molar-refractivity contribution in [1.82, 2.24) is 0 Å². The number of aromatic hydroxyl groups is 1. The molecular formula is C28H32O. The fraction of sp³-hybridized carbons (Fsp3) is 0.357. The van der Waals surface area contributed by atoms with E-state index in [9.17, 15) is 5.11 Å². The second-order valence-electron chi connectivity index (χ2n) is 8.65. The van der Waals surface area contributed by atoms with Crippen molar-refractivity contribution < 1.29 is 5.11 Å². The van der Waals surface area contributed by atoms with Crippen molar-refractivity contribution in [1.29, 1.82) is 0 Å². The van der Waals surface area contributed by atoms with E-state index < -0.39 is 0 Å². The first-order valence-corrected chi connectivity index (χ1v) is 11.1. The molecule has 2 atom stereocenters. The molecule has 1 N–H and O–H groups in total. The highest BCUT2D eigenvalue weighted by atomic mass is 16.3. The predicted octanol–water partition coefficient (Wildman–Crippen LogP) is 7.74. The van der Waals surface area contributed by atoms with Gasteiger partial charge in [0.1, 0.15) is 5.75 Å². The van der Waals surface area contributed by atoms with Crippen molar-refractivity contribution >= 4 is 0 Å². The summed E-state index contributed by atoms with van der Waals surface area (Å²) < 4.78 is 0. The van der Waals surface area contributed by atoms with Crippen LogP contribution >= 0.6 is 0 Å². The zero-order chi connectivity index (χ0) is 20.2. The van der Waals surface area contributed by atoms with Crippen molar-refractivity contribution in [3.05, 3.63) is 101 Å². The fourth-order valence-corrected chi connectivity index (χ4v) is 4.86. The Morgan fingerprint density at radius 2 is 1.24 bits per heavy atom. The van der Waals surface area contributed by atoms with Crippen molar-refractivity contribution in [2.75, 3.05) is 0 Å². The molecular weight excluding hydrogens is 352 g/mol. The standard InChI is InChI=1S/C28H32O/c1-20(22-12-6-3-7-13-22)25-18-26(21(2)23-14-8-4-9-15-23)28(29)27(19-25)24-16-10-5-11-17-24/h3-4,6-9,12-15,18-21,24,29H,5,10-11,16-17H2,1-2H3. The van der Waals surface area contributed by atoms with Gasteiger partial charge in [-0.15, -0.1) is 0 Å². The summed E-state index contributed by atoms with van der Waals surface area (Å²) in [6, 6.07) is 25.8. The molecule has 0 bridgehead atoms. The molecule has 29 heavy (non-hydrogen) atoms. The topological polar surface area (TPSA) is 20.2 Å². The largest absolute Gasteiger partial charge is 0.507 e. The van der Waals surface area contributed by atoms with Crippen LogP contribution in [0.5, 0.6) is 5.75 Å². The highest BCUT2D eigenvalue weighted by molar-refractivity contribution is 5.52. The Morgan fingerprint density at radius 3 is 1.83 bits per heavy atom. The lowest BCUT2D eigenvalue weighted by Crippen LogP contribution is -2.09. The third-order valence-corrected chi connectivity index (χ3v) is 6.80. The number of hydrogen-bond acceptors (Lipinski definition) is 1. The van der Waals surface area contributed by atoms with Crippen LogP contribution in [0.1, 0.15) is 91.5 Å². The maximum Gasteiger partial charge on any atom is 0.122 e. The molecule has 0 radical (unpaired) electrons. The Balaban J connectivity index is 1.80. The molecule has 3 aromatic carbocycles. The van der Waals surface area contributed by atoms with E-state index in [-0.39, 0.29) is 5.92 Å². The number of phenolic OH excluding ortho intramolecular Hbond substituents is 1. The molecule has 1 aliphatic carbocycles. The monoisotopic (exact) mass is 384 g/mol. The van der Waals surface area contributed by atoms with Crippen molar-refractivity contribution in [2.24, 2.45) is 0 Å². The summed E-state index contributed by atoms with van der Waals surface area (Å²) in [5.74, 6) is 1.48. The first kappa shape index (κ1) is 19.8. The summed E-state index contributed by atoms with van der Waals surface area (Å²) in [5, 5.41) is 11.3. The highest BCUT2D eigenvalue weighted by Gasteiger charge is 2.25. The van der Waals surface area contributed by atoms with Gasteiger partial charge >= 0.3 is 0 Å². The van der Waals surface area contributed by atoms with Crippen LogP contribution < -0.4 is 0 Å². The van der Waals surface area contributed by atoms with Gasteiger partial charge in [-0.1, -0.05) is 106 Å². The van der Waals surface area contributed by atoms with Crippen LogP contribution in [0.25, 0.3) is 0 Å². The summed E-state index contributed by atoms with van der Waals surface area (Å²) in [6.45, 7) is 4.50. The summed E-state index contributed by atoms with van der Waals surface area (Å²) in [4.78, 5) is 0. The van der Waals surface area contributed by atoms with Crippen molar-refractivity contribution in [3.63, 3.8) is 0 Å². The third-order valence-electron chi connectivity index (χ3n) is 6.80. The van der Waals surface area contributed by atoms with E-state index >= 15 is 0 Å². The van der Waals surface area contributed by atoms with Crippen LogP contribution in [0.3, 0.4) is 0 Å². The maximum atomic E-state index is 11.3. The van der Waals surface area contributed by atoms with Crippen LogP contribution in [0, 0.1) is 0 Å². The molecule has 2 unspecified atom stereocenters. The minimum Gasteiger partial charge on any atom is -0.507 e. The first-order chi connectivity index (χ1) is 14.1. The van der Waals surface area contributed by atoms with Crippen LogP contribution in [0.4, 0.5) is 0 Å². The number of phenols is 1. The van der Waals surface area contributed by atoms with Crippen LogP contribution in [0.15, 0.2) is 72.8 Å². The van der Waals surface area contributed by atoms with Crippen molar-refractivity contribution in [3.8, 4) is 5.75 Å². The molecule has 0 spiro atoms. The van der Waals surface area contributed by atoms with E-state index in [2.05, 4.69) is 86.6 Å². The van der Waals surface area contributed by atoms with E-state index in [1.54, 1.807) is 0 Å². The molecule has 0 aliphatic heterocycles. The minimum atomic E-state index is 0.168. The molecule has 0 heterocycles. The smallest absolute Gasteiger partial charge is 0.122 e. The van der Waals surface area contributed by atoms with Gasteiger partial charge in [0.05, 0.1) is 0 Å². The Hall–Kier alpha value is -2.54. The van der Waals surface area contributed by atoms with Gasteiger partial charge < -0.3 is 5.11 Å². The lowest BCUT2D eigenvalue weighted by Gasteiger charge is -2.27. The molecule has 1 saturated carbocycles. The average Bonchev–Trinajstić information content (AvgIpc) is 2.80. The van der Waals surface area contributed by atoms with E-state index in [0.29, 0.717) is 17.6 Å². The van der Waals surface area contributed by atoms with Crippen LogP contribution in [-0.2, 0) is 0 Å². The second-order valence-corrected chi connectivity index (χ2v) is 8.65. The summed E-state index contributed by atoms with van der Waals surface area (Å²) in [5.41, 5.74) is 6.13. The van der Waals surface area contributed by atoms with Crippen molar-refractivity contribution in [2.45, 2.75) is 63.7 Å². The van der Waals surface area contributed by atoms with Crippen LogP contribution in [-0.4, -0.2) is 5.11 Å². The predicted molar refractivity (Wildman–Crippen MR) is 122 cm³/mol.